The number of amides is 1. The van der Waals surface area contributed by atoms with Gasteiger partial charge in [-0.05, 0) is 64.0 Å². The number of aryl methyl sites for hydroxylation is 2. The fourth-order valence-electron chi connectivity index (χ4n) is 3.10. The Hall–Kier alpha value is -0.960. The monoisotopic (exact) mass is 303 g/mol. The van der Waals surface area contributed by atoms with Crippen LogP contribution in [0.4, 0.5) is 0 Å². The summed E-state index contributed by atoms with van der Waals surface area (Å²) in [5, 5.41) is 0. The molecule has 0 aliphatic heterocycles. The summed E-state index contributed by atoms with van der Waals surface area (Å²) in [5.41, 5.74) is 2.56. The fraction of sp³-hybridized carbons (Fsp3) is 0.611. The van der Waals surface area contributed by atoms with Crippen LogP contribution in [0.2, 0.25) is 0 Å². The normalized spacial score (nSPS) is 19.4. The number of benzene rings is 1. The molecule has 3 rings (SSSR count). The number of nitrogens with zero attached hydrogens (tertiary/aromatic N) is 1. The molecule has 1 amide bonds. The van der Waals surface area contributed by atoms with Gasteiger partial charge in [-0.15, -0.1) is 11.8 Å². The highest BCUT2D eigenvalue weighted by molar-refractivity contribution is 8.00. The van der Waals surface area contributed by atoms with Crippen LogP contribution in [0.3, 0.4) is 0 Å². The van der Waals surface area contributed by atoms with Gasteiger partial charge in [0.25, 0.3) is 0 Å². The molecule has 0 saturated heterocycles. The van der Waals surface area contributed by atoms with E-state index in [-0.39, 0.29) is 0 Å². The molecule has 0 radical (unpaired) electrons. The van der Waals surface area contributed by atoms with Crippen molar-refractivity contribution in [2.45, 2.75) is 63.4 Å². The number of carbonyl (C=O) groups excluding carboxylic acids is 1. The van der Waals surface area contributed by atoms with Crippen molar-refractivity contribution < 1.29 is 4.79 Å². The molecule has 114 valence electrons. The Bertz CT molecular complexity index is 534. The van der Waals surface area contributed by atoms with E-state index in [0.29, 0.717) is 23.7 Å². The second kappa shape index (κ2) is 6.04. The van der Waals surface area contributed by atoms with Crippen molar-refractivity contribution in [1.29, 1.82) is 0 Å². The van der Waals surface area contributed by atoms with E-state index in [1.807, 2.05) is 0 Å². The number of carbonyl (C=O) groups is 1. The summed E-state index contributed by atoms with van der Waals surface area (Å²) in [6.45, 7) is 6.49. The molecule has 2 saturated carbocycles. The number of hydrogen-bond donors (Lipinski definition) is 0. The third kappa shape index (κ3) is 3.63. The van der Waals surface area contributed by atoms with Crippen molar-refractivity contribution in [3.63, 3.8) is 0 Å². The second-order valence-corrected chi connectivity index (χ2v) is 7.69. The van der Waals surface area contributed by atoms with Crippen molar-refractivity contribution in [2.24, 2.45) is 5.92 Å². The molecule has 0 aromatic heterocycles. The van der Waals surface area contributed by atoms with Crippen LogP contribution < -0.4 is 0 Å². The molecule has 1 aromatic carbocycles. The minimum atomic E-state index is 0.335. The van der Waals surface area contributed by atoms with Gasteiger partial charge < -0.3 is 4.90 Å². The number of hydrogen-bond acceptors (Lipinski definition) is 2. The van der Waals surface area contributed by atoms with Gasteiger partial charge in [-0.3, -0.25) is 4.79 Å². The van der Waals surface area contributed by atoms with Crippen LogP contribution in [0.15, 0.2) is 23.1 Å². The molecule has 21 heavy (non-hydrogen) atoms. The molecule has 1 aromatic rings. The molecule has 0 N–H and O–H groups in total. The SMILES string of the molecule is Cc1ccc(SCC(=O)N(C2CC2)C(C)C2CC2)c(C)c1. The quantitative estimate of drug-likeness (QED) is 0.735. The van der Waals surface area contributed by atoms with E-state index < -0.39 is 0 Å². The maximum atomic E-state index is 12.7. The van der Waals surface area contributed by atoms with Gasteiger partial charge in [0.05, 0.1) is 5.75 Å². The molecule has 0 heterocycles. The molecule has 1 atom stereocenters. The summed E-state index contributed by atoms with van der Waals surface area (Å²) < 4.78 is 0. The van der Waals surface area contributed by atoms with E-state index in [0.717, 1.165) is 5.92 Å². The largest absolute Gasteiger partial charge is 0.336 e. The van der Waals surface area contributed by atoms with E-state index in [1.54, 1.807) is 11.8 Å². The van der Waals surface area contributed by atoms with Crippen LogP contribution in [0.25, 0.3) is 0 Å². The van der Waals surface area contributed by atoms with Gasteiger partial charge in [-0.25, -0.2) is 0 Å². The highest BCUT2D eigenvalue weighted by Gasteiger charge is 2.41. The minimum absolute atomic E-state index is 0.335. The van der Waals surface area contributed by atoms with Crippen LogP contribution in [0.1, 0.15) is 43.7 Å². The predicted octanol–water partition coefficient (Wildman–Crippen LogP) is 4.19. The maximum absolute atomic E-state index is 12.7. The first-order valence-corrected chi connectivity index (χ1v) is 9.06. The van der Waals surface area contributed by atoms with Gasteiger partial charge in [0, 0.05) is 17.0 Å². The topological polar surface area (TPSA) is 20.3 Å². The third-order valence-corrected chi connectivity index (χ3v) is 5.81. The zero-order valence-corrected chi connectivity index (χ0v) is 14.1. The van der Waals surface area contributed by atoms with Crippen LogP contribution >= 0.6 is 11.8 Å². The lowest BCUT2D eigenvalue weighted by molar-refractivity contribution is -0.131. The Morgan fingerprint density at radius 3 is 2.57 bits per heavy atom. The molecule has 2 nitrogen and oxygen atoms in total. The zero-order chi connectivity index (χ0) is 15.0. The van der Waals surface area contributed by atoms with Gasteiger partial charge in [-0.2, -0.15) is 0 Å². The van der Waals surface area contributed by atoms with E-state index in [1.165, 1.54) is 41.7 Å². The summed E-state index contributed by atoms with van der Waals surface area (Å²) in [5.74, 6) is 1.68. The molecule has 0 spiro atoms. The van der Waals surface area contributed by atoms with Crippen molar-refractivity contribution in [1.82, 2.24) is 4.90 Å². The standard InChI is InChI=1S/C18H25NOS/c1-12-4-9-17(13(2)10-12)21-11-18(20)19(16-7-8-16)14(3)15-5-6-15/h4,9-10,14-16H,5-8,11H2,1-3H3. The summed E-state index contributed by atoms with van der Waals surface area (Å²) in [4.78, 5) is 16.1. The van der Waals surface area contributed by atoms with Gasteiger partial charge in [0.15, 0.2) is 0 Å². The minimum Gasteiger partial charge on any atom is -0.336 e. The van der Waals surface area contributed by atoms with Crippen LogP contribution in [-0.2, 0) is 4.79 Å². The van der Waals surface area contributed by atoms with Crippen molar-refractivity contribution >= 4 is 17.7 Å². The molecule has 2 aliphatic carbocycles. The lowest BCUT2D eigenvalue weighted by Crippen LogP contribution is -2.42. The summed E-state index contributed by atoms with van der Waals surface area (Å²) in [7, 11) is 0. The highest BCUT2D eigenvalue weighted by atomic mass is 32.2. The summed E-state index contributed by atoms with van der Waals surface area (Å²) in [6.07, 6.45) is 5.03. The van der Waals surface area contributed by atoms with Crippen LogP contribution in [0.5, 0.6) is 0 Å². The van der Waals surface area contributed by atoms with Gasteiger partial charge in [0.1, 0.15) is 0 Å². The summed E-state index contributed by atoms with van der Waals surface area (Å²) in [6, 6.07) is 7.45. The van der Waals surface area contributed by atoms with E-state index in [4.69, 9.17) is 0 Å². The first kappa shape index (κ1) is 15.0. The Morgan fingerprint density at radius 2 is 2.00 bits per heavy atom. The maximum Gasteiger partial charge on any atom is 0.233 e. The fourth-order valence-corrected chi connectivity index (χ4v) is 3.98. The van der Waals surface area contributed by atoms with Crippen LogP contribution in [-0.4, -0.2) is 28.6 Å². The third-order valence-electron chi connectivity index (χ3n) is 4.65. The van der Waals surface area contributed by atoms with Gasteiger partial charge in [-0.1, -0.05) is 17.7 Å². The Balaban J connectivity index is 1.61. The molecular formula is C18H25NOS. The lowest BCUT2D eigenvalue weighted by atomic mass is 10.2. The first-order valence-electron chi connectivity index (χ1n) is 8.07. The smallest absolute Gasteiger partial charge is 0.233 e. The Kier molecular flexibility index (Phi) is 4.30. The zero-order valence-electron chi connectivity index (χ0n) is 13.3. The van der Waals surface area contributed by atoms with Crippen molar-refractivity contribution in [2.75, 3.05) is 5.75 Å². The van der Waals surface area contributed by atoms with Crippen molar-refractivity contribution in [3.05, 3.63) is 29.3 Å². The molecule has 2 fully saturated rings. The van der Waals surface area contributed by atoms with E-state index in [9.17, 15) is 4.79 Å². The number of thioether (sulfide) groups is 1. The number of rotatable bonds is 6. The second-order valence-electron chi connectivity index (χ2n) is 6.67. The van der Waals surface area contributed by atoms with Gasteiger partial charge >= 0.3 is 0 Å². The van der Waals surface area contributed by atoms with Gasteiger partial charge in [0.2, 0.25) is 5.91 Å². The lowest BCUT2D eigenvalue weighted by Gasteiger charge is -2.29. The predicted molar refractivity (Wildman–Crippen MR) is 88.7 cm³/mol. The Morgan fingerprint density at radius 1 is 1.29 bits per heavy atom. The Labute approximate surface area is 132 Å². The molecular weight excluding hydrogens is 278 g/mol. The van der Waals surface area contributed by atoms with Crippen LogP contribution in [0, 0.1) is 19.8 Å². The molecule has 3 heteroatoms. The summed E-state index contributed by atoms with van der Waals surface area (Å²) >= 11 is 1.70. The average Bonchev–Trinajstić information content (AvgIpc) is 3.29. The van der Waals surface area contributed by atoms with E-state index in [2.05, 4.69) is 43.9 Å². The average molecular weight is 303 g/mol. The highest BCUT2D eigenvalue weighted by Crippen LogP contribution is 2.40. The molecule has 0 bridgehead atoms. The van der Waals surface area contributed by atoms with Crippen molar-refractivity contribution in [3.8, 4) is 0 Å². The molecule has 2 aliphatic rings. The van der Waals surface area contributed by atoms with E-state index >= 15 is 0 Å². The first-order chi connectivity index (χ1) is 10.1. The molecule has 1 unspecified atom stereocenters.